The number of fused-ring (bicyclic) bond motifs is 2. The molecule has 0 aromatic carbocycles. The Morgan fingerprint density at radius 2 is 2.32 bits per heavy atom. The van der Waals surface area contributed by atoms with Crippen LogP contribution in [0.15, 0.2) is 18.0 Å². The molecule has 118 valence electrons. The second kappa shape index (κ2) is 4.96. The number of hydrogen-bond acceptors (Lipinski definition) is 5. The summed E-state index contributed by atoms with van der Waals surface area (Å²) in [5, 5.41) is 9.47. The largest absolute Gasteiger partial charge is 0.456 e. The number of pyridine rings is 1. The number of nitrogens with zero attached hydrogens (tertiary/aromatic N) is 2. The molecule has 3 aliphatic rings. The predicted octanol–water partition coefficient (Wildman–Crippen LogP) is 2.12. The van der Waals surface area contributed by atoms with E-state index in [1.807, 2.05) is 6.92 Å². The van der Waals surface area contributed by atoms with Gasteiger partial charge < -0.3 is 19.5 Å². The number of aliphatic hydroxyl groups excluding tert-OH is 1. The molecular weight excluding hydrogens is 280 g/mol. The molecule has 2 aliphatic heterocycles. The minimum atomic E-state index is -0.669. The molecule has 5 nitrogen and oxygen atoms in total. The standard InChI is InChI=1S/C17H22N2O3/c1-11-16-14(13(9-20)8-18-11)10-21-17(22-16)5-3-12-4-6-19(2)15(12)7-17/h7-8,12,20H,3-6,9-10H2,1-2H3. The quantitative estimate of drug-likeness (QED) is 0.861. The SMILES string of the molecule is Cc1ncc(CO)c2c1OC1(C=C3C(CCN3C)CC1)OC2. The molecular formula is C17H22N2O3. The average molecular weight is 302 g/mol. The minimum Gasteiger partial charge on any atom is -0.456 e. The van der Waals surface area contributed by atoms with Crippen LogP contribution in [-0.2, 0) is 18.0 Å². The predicted molar refractivity (Wildman–Crippen MR) is 81.1 cm³/mol. The summed E-state index contributed by atoms with van der Waals surface area (Å²) in [4.78, 5) is 6.66. The number of aromatic nitrogens is 1. The fraction of sp³-hybridized carbons (Fsp3) is 0.588. The van der Waals surface area contributed by atoms with Gasteiger partial charge in [-0.2, -0.15) is 0 Å². The van der Waals surface area contributed by atoms with Gasteiger partial charge in [-0.25, -0.2) is 0 Å². The Labute approximate surface area is 130 Å². The Hall–Kier alpha value is -1.59. The van der Waals surface area contributed by atoms with Crippen LogP contribution in [0, 0.1) is 12.8 Å². The van der Waals surface area contributed by atoms with E-state index in [0.717, 1.165) is 42.0 Å². The topological polar surface area (TPSA) is 54.8 Å². The first-order chi connectivity index (χ1) is 10.6. The number of ether oxygens (including phenoxy) is 2. The first-order valence-electron chi connectivity index (χ1n) is 7.97. The molecule has 2 unspecified atom stereocenters. The van der Waals surface area contributed by atoms with Gasteiger partial charge >= 0.3 is 0 Å². The van der Waals surface area contributed by atoms with E-state index in [2.05, 4.69) is 23.0 Å². The molecule has 0 bridgehead atoms. The lowest BCUT2D eigenvalue weighted by molar-refractivity contribution is -0.182. The number of likely N-dealkylation sites (tertiary alicyclic amines) is 1. The highest BCUT2D eigenvalue weighted by molar-refractivity contribution is 5.43. The smallest absolute Gasteiger partial charge is 0.232 e. The Kier molecular flexibility index (Phi) is 3.16. The van der Waals surface area contributed by atoms with Crippen LogP contribution >= 0.6 is 0 Å². The van der Waals surface area contributed by atoms with Crippen LogP contribution < -0.4 is 4.74 Å². The van der Waals surface area contributed by atoms with E-state index >= 15 is 0 Å². The molecule has 1 aromatic rings. The van der Waals surface area contributed by atoms with Crippen LogP contribution in [0.2, 0.25) is 0 Å². The lowest BCUT2D eigenvalue weighted by atomic mass is 9.88. The van der Waals surface area contributed by atoms with Crippen molar-refractivity contribution in [1.29, 1.82) is 0 Å². The van der Waals surface area contributed by atoms with Crippen LogP contribution in [0.25, 0.3) is 0 Å². The zero-order chi connectivity index (χ0) is 15.3. The fourth-order valence-electron chi connectivity index (χ4n) is 3.83. The third-order valence-electron chi connectivity index (χ3n) is 5.19. The highest BCUT2D eigenvalue weighted by Gasteiger charge is 2.44. The van der Waals surface area contributed by atoms with E-state index in [4.69, 9.17) is 9.47 Å². The molecule has 1 fully saturated rings. The van der Waals surface area contributed by atoms with Gasteiger partial charge in [0.25, 0.3) is 0 Å². The Morgan fingerprint density at radius 1 is 1.45 bits per heavy atom. The molecule has 1 spiro atoms. The van der Waals surface area contributed by atoms with Gasteiger partial charge in [0.05, 0.1) is 18.9 Å². The van der Waals surface area contributed by atoms with Crippen molar-refractivity contribution < 1.29 is 14.6 Å². The lowest BCUT2D eigenvalue weighted by Crippen LogP contribution is -2.44. The molecule has 4 rings (SSSR count). The van der Waals surface area contributed by atoms with Gasteiger partial charge in [0, 0.05) is 55.0 Å². The van der Waals surface area contributed by atoms with E-state index in [1.54, 1.807) is 6.20 Å². The maximum Gasteiger partial charge on any atom is 0.232 e. The minimum absolute atomic E-state index is 0.0404. The van der Waals surface area contributed by atoms with Crippen LogP contribution in [0.5, 0.6) is 5.75 Å². The zero-order valence-corrected chi connectivity index (χ0v) is 13.1. The zero-order valence-electron chi connectivity index (χ0n) is 13.1. The summed E-state index contributed by atoms with van der Waals surface area (Å²) in [6.45, 7) is 3.48. The molecule has 5 heteroatoms. The summed E-state index contributed by atoms with van der Waals surface area (Å²) < 4.78 is 12.4. The Morgan fingerprint density at radius 3 is 3.14 bits per heavy atom. The second-order valence-corrected chi connectivity index (χ2v) is 6.55. The van der Waals surface area contributed by atoms with E-state index in [0.29, 0.717) is 12.5 Å². The number of rotatable bonds is 1. The third-order valence-corrected chi connectivity index (χ3v) is 5.19. The van der Waals surface area contributed by atoms with Crippen LogP contribution in [0.1, 0.15) is 36.1 Å². The van der Waals surface area contributed by atoms with Gasteiger partial charge in [-0.15, -0.1) is 0 Å². The van der Waals surface area contributed by atoms with Crippen LogP contribution in [0.4, 0.5) is 0 Å². The lowest BCUT2D eigenvalue weighted by Gasteiger charge is -2.41. The average Bonchev–Trinajstić information content (AvgIpc) is 2.89. The molecule has 22 heavy (non-hydrogen) atoms. The molecule has 1 saturated heterocycles. The Balaban J connectivity index is 1.73. The molecule has 0 amide bonds. The second-order valence-electron chi connectivity index (χ2n) is 6.55. The number of hydrogen-bond donors (Lipinski definition) is 1. The van der Waals surface area contributed by atoms with Crippen LogP contribution in [0.3, 0.4) is 0 Å². The van der Waals surface area contributed by atoms with Crippen LogP contribution in [-0.4, -0.2) is 34.4 Å². The Bertz CT molecular complexity index is 643. The first-order valence-corrected chi connectivity index (χ1v) is 7.97. The summed E-state index contributed by atoms with van der Waals surface area (Å²) in [5.74, 6) is 0.763. The van der Waals surface area contributed by atoms with Crippen molar-refractivity contribution in [3.63, 3.8) is 0 Å². The van der Waals surface area contributed by atoms with E-state index in [1.165, 1.54) is 12.1 Å². The van der Waals surface area contributed by atoms with E-state index < -0.39 is 5.79 Å². The van der Waals surface area contributed by atoms with Crippen molar-refractivity contribution in [2.24, 2.45) is 5.92 Å². The monoisotopic (exact) mass is 302 g/mol. The van der Waals surface area contributed by atoms with Crippen molar-refractivity contribution in [2.45, 2.75) is 45.2 Å². The highest BCUT2D eigenvalue weighted by atomic mass is 16.7. The highest BCUT2D eigenvalue weighted by Crippen LogP contribution is 2.45. The number of allylic oxidation sites excluding steroid dienone is 1. The van der Waals surface area contributed by atoms with Crippen molar-refractivity contribution in [1.82, 2.24) is 9.88 Å². The molecule has 3 heterocycles. The van der Waals surface area contributed by atoms with Gasteiger partial charge in [0.15, 0.2) is 5.75 Å². The maximum absolute atomic E-state index is 9.47. The summed E-state index contributed by atoms with van der Waals surface area (Å²) in [6.07, 6.45) is 7.07. The fourth-order valence-corrected chi connectivity index (χ4v) is 3.83. The normalized spacial score (nSPS) is 29.9. The van der Waals surface area contributed by atoms with Gasteiger partial charge in [0.1, 0.15) is 0 Å². The van der Waals surface area contributed by atoms with Gasteiger partial charge in [-0.1, -0.05) is 0 Å². The number of aryl methyl sites for hydroxylation is 1. The third kappa shape index (κ3) is 2.03. The van der Waals surface area contributed by atoms with Crippen molar-refractivity contribution >= 4 is 0 Å². The molecule has 0 saturated carbocycles. The molecule has 0 radical (unpaired) electrons. The summed E-state index contributed by atoms with van der Waals surface area (Å²) in [5.41, 5.74) is 3.92. The summed E-state index contributed by atoms with van der Waals surface area (Å²) in [6, 6.07) is 0. The summed E-state index contributed by atoms with van der Waals surface area (Å²) in [7, 11) is 2.14. The molecule has 1 aliphatic carbocycles. The summed E-state index contributed by atoms with van der Waals surface area (Å²) >= 11 is 0. The van der Waals surface area contributed by atoms with E-state index in [-0.39, 0.29) is 6.61 Å². The molecule has 1 N–H and O–H groups in total. The molecule has 1 aromatic heterocycles. The number of aliphatic hydroxyl groups is 1. The van der Waals surface area contributed by atoms with Crippen molar-refractivity contribution in [2.75, 3.05) is 13.6 Å². The molecule has 2 atom stereocenters. The van der Waals surface area contributed by atoms with E-state index in [9.17, 15) is 5.11 Å². The van der Waals surface area contributed by atoms with Crippen molar-refractivity contribution in [3.05, 3.63) is 34.8 Å². The van der Waals surface area contributed by atoms with Gasteiger partial charge in [-0.05, 0) is 19.8 Å². The maximum atomic E-state index is 9.47. The van der Waals surface area contributed by atoms with Crippen molar-refractivity contribution in [3.8, 4) is 5.75 Å². The van der Waals surface area contributed by atoms with Gasteiger partial charge in [-0.3, -0.25) is 4.98 Å². The first kappa shape index (κ1) is 14.0. The van der Waals surface area contributed by atoms with Gasteiger partial charge in [0.2, 0.25) is 5.79 Å².